The molecular formula is C24H46O5. The number of ether oxygens (including phenoxy) is 2. The van der Waals surface area contributed by atoms with E-state index in [-0.39, 0.29) is 6.61 Å². The molecular weight excluding hydrogens is 368 g/mol. The van der Waals surface area contributed by atoms with E-state index in [0.717, 1.165) is 12.8 Å². The van der Waals surface area contributed by atoms with Crippen molar-refractivity contribution < 1.29 is 24.8 Å². The molecule has 3 N–H and O–H groups in total. The molecule has 1 saturated heterocycles. The van der Waals surface area contributed by atoms with Crippen molar-refractivity contribution in [2.75, 3.05) is 19.8 Å². The Labute approximate surface area is 178 Å². The molecule has 0 unspecified atom stereocenters. The van der Waals surface area contributed by atoms with Crippen LogP contribution >= 0.6 is 0 Å². The van der Waals surface area contributed by atoms with Crippen molar-refractivity contribution in [1.29, 1.82) is 0 Å². The van der Waals surface area contributed by atoms with Crippen LogP contribution in [0, 0.1) is 0 Å². The minimum Gasteiger partial charge on any atom is -0.394 e. The van der Waals surface area contributed by atoms with E-state index >= 15 is 0 Å². The second-order valence-corrected chi connectivity index (χ2v) is 8.39. The highest BCUT2D eigenvalue weighted by molar-refractivity contribution is 4.88. The van der Waals surface area contributed by atoms with Crippen LogP contribution in [0.3, 0.4) is 0 Å². The first kappa shape index (κ1) is 26.6. The second-order valence-electron chi connectivity index (χ2n) is 8.39. The topological polar surface area (TPSA) is 79.2 Å². The van der Waals surface area contributed by atoms with Gasteiger partial charge in [-0.05, 0) is 25.7 Å². The smallest absolute Gasteiger partial charge is 0.114 e. The number of rotatable bonds is 19. The third-order valence-electron chi connectivity index (χ3n) is 5.71. The van der Waals surface area contributed by atoms with Gasteiger partial charge >= 0.3 is 0 Å². The minimum atomic E-state index is -1.05. The quantitative estimate of drug-likeness (QED) is 0.214. The predicted molar refractivity (Wildman–Crippen MR) is 118 cm³/mol. The molecule has 0 aromatic carbocycles. The molecule has 0 radical (unpaired) electrons. The summed E-state index contributed by atoms with van der Waals surface area (Å²) in [6.07, 6.45) is 19.5. The summed E-state index contributed by atoms with van der Waals surface area (Å²) in [5, 5.41) is 28.6. The zero-order chi connectivity index (χ0) is 21.2. The Morgan fingerprint density at radius 3 is 2.03 bits per heavy atom. The highest BCUT2D eigenvalue weighted by Crippen LogP contribution is 2.20. The lowest BCUT2D eigenvalue weighted by Gasteiger charge is -2.20. The third-order valence-corrected chi connectivity index (χ3v) is 5.71. The van der Waals surface area contributed by atoms with Gasteiger partial charge in [-0.2, -0.15) is 0 Å². The van der Waals surface area contributed by atoms with Crippen molar-refractivity contribution >= 4 is 0 Å². The van der Waals surface area contributed by atoms with E-state index in [1.54, 1.807) is 0 Å². The van der Waals surface area contributed by atoms with Crippen LogP contribution in [0.2, 0.25) is 0 Å². The number of aliphatic hydroxyl groups is 3. The molecule has 0 bridgehead atoms. The van der Waals surface area contributed by atoms with Gasteiger partial charge in [0.1, 0.15) is 24.4 Å². The molecule has 0 aromatic heterocycles. The van der Waals surface area contributed by atoms with Gasteiger partial charge in [-0.25, -0.2) is 0 Å². The van der Waals surface area contributed by atoms with E-state index in [2.05, 4.69) is 19.1 Å². The molecule has 1 rings (SSSR count). The third kappa shape index (κ3) is 12.7. The van der Waals surface area contributed by atoms with Gasteiger partial charge in [-0.15, -0.1) is 0 Å². The molecule has 1 aliphatic heterocycles. The second kappa shape index (κ2) is 18.3. The fourth-order valence-electron chi connectivity index (χ4n) is 3.80. The molecule has 1 aliphatic rings. The zero-order valence-electron chi connectivity index (χ0n) is 18.6. The van der Waals surface area contributed by atoms with E-state index in [1.165, 1.54) is 77.0 Å². The van der Waals surface area contributed by atoms with Gasteiger partial charge in [0, 0.05) is 6.61 Å². The lowest BCUT2D eigenvalue weighted by Crippen LogP contribution is -2.41. The molecule has 4 atom stereocenters. The molecule has 5 nitrogen and oxygen atoms in total. The maximum absolute atomic E-state index is 10.1. The van der Waals surface area contributed by atoms with Crippen molar-refractivity contribution in [3.05, 3.63) is 12.2 Å². The SMILES string of the molecule is CCC/C=C/CCCCCCCCCCCCCO[C@@H]1CO[C@@H]([C@@H](O)CO)[C@H]1O. The summed E-state index contributed by atoms with van der Waals surface area (Å²) in [5.41, 5.74) is 0. The van der Waals surface area contributed by atoms with E-state index < -0.39 is 31.0 Å². The fourth-order valence-corrected chi connectivity index (χ4v) is 3.80. The van der Waals surface area contributed by atoms with Crippen molar-refractivity contribution in [2.45, 2.75) is 121 Å². The molecule has 0 saturated carbocycles. The van der Waals surface area contributed by atoms with Crippen LogP contribution in [0.15, 0.2) is 12.2 Å². The lowest BCUT2D eigenvalue weighted by atomic mass is 10.0. The first-order valence-corrected chi connectivity index (χ1v) is 12.1. The Kier molecular flexibility index (Phi) is 16.8. The van der Waals surface area contributed by atoms with Gasteiger partial charge in [0.05, 0.1) is 13.2 Å². The van der Waals surface area contributed by atoms with Crippen LogP contribution in [0.5, 0.6) is 0 Å². The van der Waals surface area contributed by atoms with Crippen LogP contribution in [0.1, 0.15) is 96.8 Å². The first-order chi connectivity index (χ1) is 14.2. The van der Waals surface area contributed by atoms with Crippen molar-refractivity contribution in [3.63, 3.8) is 0 Å². The fraction of sp³-hybridized carbons (Fsp3) is 0.917. The first-order valence-electron chi connectivity index (χ1n) is 12.1. The number of unbranched alkanes of at least 4 members (excludes halogenated alkanes) is 12. The van der Waals surface area contributed by atoms with Crippen LogP contribution in [-0.4, -0.2) is 59.6 Å². The number of allylic oxidation sites excluding steroid dienone is 2. The van der Waals surface area contributed by atoms with Gasteiger partial charge < -0.3 is 24.8 Å². The van der Waals surface area contributed by atoms with Gasteiger partial charge in [0.15, 0.2) is 0 Å². The lowest BCUT2D eigenvalue weighted by molar-refractivity contribution is -0.0730. The minimum absolute atomic E-state index is 0.276. The maximum Gasteiger partial charge on any atom is 0.114 e. The average molecular weight is 415 g/mol. The van der Waals surface area contributed by atoms with Crippen LogP contribution in [0.4, 0.5) is 0 Å². The summed E-state index contributed by atoms with van der Waals surface area (Å²) in [5.74, 6) is 0. The van der Waals surface area contributed by atoms with Crippen LogP contribution in [0.25, 0.3) is 0 Å². The molecule has 0 amide bonds. The van der Waals surface area contributed by atoms with Crippen molar-refractivity contribution in [3.8, 4) is 0 Å². The Bertz CT molecular complexity index is 387. The highest BCUT2D eigenvalue weighted by atomic mass is 16.6. The summed E-state index contributed by atoms with van der Waals surface area (Å²) in [4.78, 5) is 0. The van der Waals surface area contributed by atoms with E-state index in [9.17, 15) is 10.2 Å². The molecule has 0 aromatic rings. The van der Waals surface area contributed by atoms with Gasteiger partial charge in [-0.3, -0.25) is 0 Å². The van der Waals surface area contributed by atoms with E-state index in [0.29, 0.717) is 6.61 Å². The van der Waals surface area contributed by atoms with Gasteiger partial charge in [0.25, 0.3) is 0 Å². The molecule has 5 heteroatoms. The predicted octanol–water partition coefficient (Wildman–Crippen LogP) is 4.52. The normalized spacial score (nSPS) is 23.2. The summed E-state index contributed by atoms with van der Waals surface area (Å²) >= 11 is 0. The molecule has 0 aliphatic carbocycles. The molecule has 1 fully saturated rings. The van der Waals surface area contributed by atoms with E-state index in [4.69, 9.17) is 14.6 Å². The standard InChI is InChI=1S/C24H46O5/c1-2-3-4-5-6-7-8-9-10-11-12-13-14-15-16-17-18-28-22-20-29-24(23(22)27)21(26)19-25/h4-5,21-27H,2-3,6-20H2,1H3/b5-4+/t21-,22+,23-,24-/m0/s1. The molecule has 29 heavy (non-hydrogen) atoms. The van der Waals surface area contributed by atoms with E-state index in [1.807, 2.05) is 0 Å². The van der Waals surface area contributed by atoms with Crippen molar-refractivity contribution in [2.24, 2.45) is 0 Å². The summed E-state index contributed by atoms with van der Waals surface area (Å²) in [7, 11) is 0. The summed E-state index contributed by atoms with van der Waals surface area (Å²) in [6.45, 7) is 2.70. The van der Waals surface area contributed by atoms with Gasteiger partial charge in [-0.1, -0.05) is 83.3 Å². The largest absolute Gasteiger partial charge is 0.394 e. The van der Waals surface area contributed by atoms with Crippen molar-refractivity contribution in [1.82, 2.24) is 0 Å². The zero-order valence-corrected chi connectivity index (χ0v) is 18.6. The number of hydrogen-bond acceptors (Lipinski definition) is 5. The highest BCUT2D eigenvalue weighted by Gasteiger charge is 2.40. The van der Waals surface area contributed by atoms with Crippen LogP contribution in [-0.2, 0) is 9.47 Å². The van der Waals surface area contributed by atoms with Gasteiger partial charge in [0.2, 0.25) is 0 Å². The Balaban J connectivity index is 1.81. The number of hydrogen-bond donors (Lipinski definition) is 3. The summed E-state index contributed by atoms with van der Waals surface area (Å²) in [6, 6.07) is 0. The number of aliphatic hydroxyl groups excluding tert-OH is 3. The Morgan fingerprint density at radius 2 is 1.45 bits per heavy atom. The molecule has 172 valence electrons. The monoisotopic (exact) mass is 414 g/mol. The molecule has 0 spiro atoms. The van der Waals surface area contributed by atoms with Crippen LogP contribution < -0.4 is 0 Å². The molecule has 1 heterocycles. The Morgan fingerprint density at radius 1 is 0.897 bits per heavy atom. The average Bonchev–Trinajstić information content (AvgIpc) is 3.10. The summed E-state index contributed by atoms with van der Waals surface area (Å²) < 4.78 is 11.0. The maximum atomic E-state index is 10.1. The Hall–Kier alpha value is -0.460.